The molecule has 6 nitrogen and oxygen atoms in total. The maximum absolute atomic E-state index is 12.3. The monoisotopic (exact) mass is 367 g/mol. The summed E-state index contributed by atoms with van der Waals surface area (Å²) in [7, 11) is 0. The molecule has 1 aliphatic carbocycles. The quantitative estimate of drug-likeness (QED) is 0.831. The van der Waals surface area contributed by atoms with E-state index in [9.17, 15) is 4.79 Å². The second-order valence-electron chi connectivity index (χ2n) is 8.27. The Kier molecular flexibility index (Phi) is 5.23. The Bertz CT molecular complexity index is 852. The topological polar surface area (TPSA) is 63.9 Å². The minimum atomic E-state index is 0.0664. The molecule has 144 valence electrons. The van der Waals surface area contributed by atoms with Gasteiger partial charge in [-0.05, 0) is 62.0 Å². The van der Waals surface area contributed by atoms with Gasteiger partial charge in [0.05, 0.1) is 17.7 Å². The number of aromatic nitrogens is 4. The van der Waals surface area contributed by atoms with Crippen molar-refractivity contribution in [2.24, 2.45) is 5.92 Å². The normalized spacial score (nSPS) is 18.0. The number of piperidine rings is 1. The molecule has 0 aromatic carbocycles. The van der Waals surface area contributed by atoms with Gasteiger partial charge < -0.3 is 4.90 Å². The van der Waals surface area contributed by atoms with Gasteiger partial charge in [0.2, 0.25) is 0 Å². The molecule has 0 unspecified atom stereocenters. The van der Waals surface area contributed by atoms with Gasteiger partial charge in [-0.25, -0.2) is 4.98 Å². The Morgan fingerprint density at radius 1 is 1.11 bits per heavy atom. The lowest BCUT2D eigenvalue weighted by Crippen LogP contribution is -2.37. The Morgan fingerprint density at radius 3 is 2.63 bits per heavy atom. The molecule has 0 atom stereocenters. The summed E-state index contributed by atoms with van der Waals surface area (Å²) in [6.45, 7) is 6.83. The van der Waals surface area contributed by atoms with E-state index in [4.69, 9.17) is 0 Å². The molecule has 0 spiro atoms. The maximum Gasteiger partial charge on any atom is 0.253 e. The van der Waals surface area contributed by atoms with Gasteiger partial charge in [-0.15, -0.1) is 5.10 Å². The van der Waals surface area contributed by atoms with Crippen molar-refractivity contribution in [1.29, 1.82) is 0 Å². The van der Waals surface area contributed by atoms with E-state index < -0.39 is 0 Å². The minimum absolute atomic E-state index is 0.0664. The average molecular weight is 367 g/mol. The predicted molar refractivity (Wildman–Crippen MR) is 106 cm³/mol. The van der Waals surface area contributed by atoms with Crippen LogP contribution < -0.4 is 10.5 Å². The van der Waals surface area contributed by atoms with E-state index in [0.29, 0.717) is 5.92 Å². The van der Waals surface area contributed by atoms with Crippen molar-refractivity contribution >= 4 is 5.82 Å². The van der Waals surface area contributed by atoms with Crippen LogP contribution in [-0.4, -0.2) is 32.8 Å². The summed E-state index contributed by atoms with van der Waals surface area (Å²) in [6.07, 6.45) is 8.56. The van der Waals surface area contributed by atoms with Gasteiger partial charge in [0.1, 0.15) is 0 Å². The van der Waals surface area contributed by atoms with Gasteiger partial charge in [-0.2, -0.15) is 5.10 Å². The molecule has 27 heavy (non-hydrogen) atoms. The fourth-order valence-electron chi connectivity index (χ4n) is 4.15. The third-order valence-corrected chi connectivity index (χ3v) is 5.94. The molecule has 0 saturated carbocycles. The van der Waals surface area contributed by atoms with Gasteiger partial charge in [0.25, 0.3) is 5.56 Å². The highest BCUT2D eigenvalue weighted by Gasteiger charge is 2.22. The number of aryl methyl sites for hydroxylation is 2. The fraction of sp³-hybridized carbons (Fsp3) is 0.619. The Hall–Kier alpha value is -2.24. The number of hydrogen-bond donors (Lipinski definition) is 0. The highest BCUT2D eigenvalue weighted by molar-refractivity contribution is 5.42. The first-order chi connectivity index (χ1) is 13.1. The number of nitrogens with zero attached hydrogens (tertiary/aromatic N) is 5. The van der Waals surface area contributed by atoms with Gasteiger partial charge >= 0.3 is 0 Å². The van der Waals surface area contributed by atoms with Gasteiger partial charge in [0, 0.05) is 25.7 Å². The number of rotatable bonds is 4. The standard InChI is InChI=1S/C21H29N5O/c1-15(2)19-12-21(27)26(14-22-19)13-16-7-9-25(10-8-16)20-11-17-5-3-4-6-18(17)23-24-20/h11-12,14-16H,3-10,13H2,1-2H3. The Labute approximate surface area is 160 Å². The molecule has 2 aromatic heterocycles. The first-order valence-electron chi connectivity index (χ1n) is 10.3. The lowest BCUT2D eigenvalue weighted by Gasteiger charge is -2.33. The SMILES string of the molecule is CC(C)c1cc(=O)n(CC2CCN(c3cc4c(nn3)CCCC4)CC2)cn1. The molecule has 0 radical (unpaired) electrons. The first kappa shape index (κ1) is 18.1. The largest absolute Gasteiger partial charge is 0.355 e. The molecule has 4 rings (SSSR count). The summed E-state index contributed by atoms with van der Waals surface area (Å²) >= 11 is 0. The van der Waals surface area contributed by atoms with Crippen LogP contribution in [0.25, 0.3) is 0 Å². The predicted octanol–water partition coefficient (Wildman–Crippen LogP) is 2.95. The molecule has 1 fully saturated rings. The molecule has 0 amide bonds. The van der Waals surface area contributed by atoms with Crippen molar-refractivity contribution in [3.8, 4) is 0 Å². The van der Waals surface area contributed by atoms with E-state index in [-0.39, 0.29) is 11.5 Å². The molecule has 1 aliphatic heterocycles. The summed E-state index contributed by atoms with van der Waals surface area (Å²) in [4.78, 5) is 19.1. The van der Waals surface area contributed by atoms with Crippen molar-refractivity contribution in [2.75, 3.05) is 18.0 Å². The Balaban J connectivity index is 1.37. The van der Waals surface area contributed by atoms with Crippen LogP contribution in [0.5, 0.6) is 0 Å². The maximum atomic E-state index is 12.3. The van der Waals surface area contributed by atoms with Crippen molar-refractivity contribution in [2.45, 2.75) is 64.8 Å². The van der Waals surface area contributed by atoms with Crippen molar-refractivity contribution in [3.05, 3.63) is 45.8 Å². The highest BCUT2D eigenvalue weighted by Crippen LogP contribution is 2.26. The zero-order valence-corrected chi connectivity index (χ0v) is 16.4. The van der Waals surface area contributed by atoms with Gasteiger partial charge in [-0.3, -0.25) is 9.36 Å². The Morgan fingerprint density at radius 2 is 1.89 bits per heavy atom. The number of fused-ring (bicyclic) bond motifs is 1. The lowest BCUT2D eigenvalue weighted by molar-refractivity contribution is 0.349. The smallest absolute Gasteiger partial charge is 0.253 e. The second-order valence-corrected chi connectivity index (χ2v) is 8.27. The molecular formula is C21H29N5O. The van der Waals surface area contributed by atoms with Crippen LogP contribution in [-0.2, 0) is 19.4 Å². The first-order valence-corrected chi connectivity index (χ1v) is 10.3. The molecule has 2 aromatic rings. The molecule has 1 saturated heterocycles. The van der Waals surface area contributed by atoms with E-state index in [1.54, 1.807) is 17.0 Å². The van der Waals surface area contributed by atoms with Crippen molar-refractivity contribution in [1.82, 2.24) is 19.7 Å². The zero-order chi connectivity index (χ0) is 18.8. The summed E-state index contributed by atoms with van der Waals surface area (Å²) < 4.78 is 1.77. The van der Waals surface area contributed by atoms with Gasteiger partial charge in [0.15, 0.2) is 5.82 Å². The van der Waals surface area contributed by atoms with Crippen LogP contribution in [0.4, 0.5) is 5.82 Å². The van der Waals surface area contributed by atoms with Crippen LogP contribution in [0.1, 0.15) is 62.4 Å². The van der Waals surface area contributed by atoms with Crippen LogP contribution >= 0.6 is 0 Å². The third kappa shape index (κ3) is 4.04. The molecule has 6 heteroatoms. The fourth-order valence-corrected chi connectivity index (χ4v) is 4.15. The zero-order valence-electron chi connectivity index (χ0n) is 16.4. The summed E-state index contributed by atoms with van der Waals surface area (Å²) in [5, 5.41) is 8.95. The molecular weight excluding hydrogens is 338 g/mol. The van der Waals surface area contributed by atoms with E-state index in [0.717, 1.165) is 56.8 Å². The van der Waals surface area contributed by atoms with Crippen LogP contribution in [0.15, 0.2) is 23.3 Å². The summed E-state index contributed by atoms with van der Waals surface area (Å²) in [6, 6.07) is 3.93. The molecule has 0 bridgehead atoms. The average Bonchev–Trinajstić information content (AvgIpc) is 2.69. The van der Waals surface area contributed by atoms with E-state index in [1.807, 2.05) is 0 Å². The van der Waals surface area contributed by atoms with Crippen LogP contribution in [0.2, 0.25) is 0 Å². The second kappa shape index (κ2) is 7.79. The van der Waals surface area contributed by atoms with Gasteiger partial charge in [-0.1, -0.05) is 13.8 Å². The van der Waals surface area contributed by atoms with E-state index in [1.165, 1.54) is 24.1 Å². The lowest BCUT2D eigenvalue weighted by atomic mass is 9.95. The number of hydrogen-bond acceptors (Lipinski definition) is 5. The number of anilines is 1. The molecule has 3 heterocycles. The minimum Gasteiger partial charge on any atom is -0.355 e. The van der Waals surface area contributed by atoms with Crippen LogP contribution in [0, 0.1) is 5.92 Å². The summed E-state index contributed by atoms with van der Waals surface area (Å²) in [5.74, 6) is 1.82. The van der Waals surface area contributed by atoms with Crippen LogP contribution in [0.3, 0.4) is 0 Å². The van der Waals surface area contributed by atoms with Crippen molar-refractivity contribution in [3.63, 3.8) is 0 Å². The van der Waals surface area contributed by atoms with E-state index >= 15 is 0 Å². The van der Waals surface area contributed by atoms with Crippen molar-refractivity contribution < 1.29 is 0 Å². The summed E-state index contributed by atoms with van der Waals surface area (Å²) in [5.41, 5.74) is 3.52. The molecule has 2 aliphatic rings. The third-order valence-electron chi connectivity index (χ3n) is 5.94. The molecule has 0 N–H and O–H groups in total. The van der Waals surface area contributed by atoms with E-state index in [2.05, 4.69) is 40.0 Å². The highest BCUT2D eigenvalue weighted by atomic mass is 16.1.